The Kier molecular flexibility index (Phi) is 3.52. The van der Waals surface area contributed by atoms with E-state index in [0.29, 0.717) is 12.1 Å². The summed E-state index contributed by atoms with van der Waals surface area (Å²) in [6, 6.07) is 1.76. The van der Waals surface area contributed by atoms with Gasteiger partial charge in [-0.15, -0.1) is 0 Å². The molecule has 94 valence electrons. The lowest BCUT2D eigenvalue weighted by Crippen LogP contribution is -2.45. The Morgan fingerprint density at radius 1 is 1.65 bits per heavy atom. The van der Waals surface area contributed by atoms with E-state index in [1.165, 1.54) is 12.7 Å². The largest absolute Gasteiger partial charge is 0.469 e. The number of aryl methyl sites for hydroxylation is 1. The molecule has 17 heavy (non-hydrogen) atoms. The van der Waals surface area contributed by atoms with Crippen molar-refractivity contribution in [1.29, 1.82) is 0 Å². The van der Waals surface area contributed by atoms with Crippen LogP contribution in [-0.2, 0) is 0 Å². The fourth-order valence-corrected chi connectivity index (χ4v) is 2.23. The lowest BCUT2D eigenvalue weighted by atomic mass is 9.83. The molecule has 1 fully saturated rings. The summed E-state index contributed by atoms with van der Waals surface area (Å²) >= 11 is 0. The van der Waals surface area contributed by atoms with Gasteiger partial charge in [0, 0.05) is 13.1 Å². The van der Waals surface area contributed by atoms with Crippen molar-refractivity contribution in [1.82, 2.24) is 10.6 Å². The highest BCUT2D eigenvalue weighted by atomic mass is 16.3. The molecule has 1 aromatic heterocycles. The molecule has 1 atom stereocenters. The fourth-order valence-electron chi connectivity index (χ4n) is 2.23. The Morgan fingerprint density at radius 2 is 2.47 bits per heavy atom. The van der Waals surface area contributed by atoms with Gasteiger partial charge in [0.2, 0.25) is 0 Å². The second-order valence-corrected chi connectivity index (χ2v) is 5.22. The van der Waals surface area contributed by atoms with E-state index in [1.54, 1.807) is 6.07 Å². The van der Waals surface area contributed by atoms with Gasteiger partial charge in [0.05, 0.1) is 5.56 Å². The topological polar surface area (TPSA) is 54.3 Å². The molecule has 1 amide bonds. The summed E-state index contributed by atoms with van der Waals surface area (Å²) in [6.07, 6.45) is 3.84. The van der Waals surface area contributed by atoms with E-state index in [-0.39, 0.29) is 11.3 Å². The van der Waals surface area contributed by atoms with Gasteiger partial charge < -0.3 is 15.1 Å². The SMILES string of the molecule is Cc1cc(C(=O)NCC2(C)CCCNC2)co1. The summed E-state index contributed by atoms with van der Waals surface area (Å²) in [5.74, 6) is 0.717. The number of carbonyl (C=O) groups is 1. The lowest BCUT2D eigenvalue weighted by molar-refractivity contribution is 0.0924. The zero-order chi connectivity index (χ0) is 12.3. The van der Waals surface area contributed by atoms with Crippen LogP contribution in [0.15, 0.2) is 16.7 Å². The number of furan rings is 1. The zero-order valence-electron chi connectivity index (χ0n) is 10.5. The average molecular weight is 236 g/mol. The van der Waals surface area contributed by atoms with Crippen molar-refractivity contribution in [3.05, 3.63) is 23.7 Å². The van der Waals surface area contributed by atoms with Crippen molar-refractivity contribution < 1.29 is 9.21 Å². The highest BCUT2D eigenvalue weighted by Gasteiger charge is 2.27. The number of hydrogen-bond donors (Lipinski definition) is 2. The van der Waals surface area contributed by atoms with Crippen LogP contribution in [0.25, 0.3) is 0 Å². The number of rotatable bonds is 3. The maximum Gasteiger partial charge on any atom is 0.254 e. The molecule has 0 aromatic carbocycles. The molecule has 2 rings (SSSR count). The molecule has 4 nitrogen and oxygen atoms in total. The maximum absolute atomic E-state index is 11.9. The van der Waals surface area contributed by atoms with Crippen molar-refractivity contribution in [2.45, 2.75) is 26.7 Å². The van der Waals surface area contributed by atoms with Crippen molar-refractivity contribution in [2.75, 3.05) is 19.6 Å². The third-order valence-corrected chi connectivity index (χ3v) is 3.35. The summed E-state index contributed by atoms with van der Waals surface area (Å²) in [5.41, 5.74) is 0.780. The summed E-state index contributed by atoms with van der Waals surface area (Å²) in [5, 5.41) is 6.36. The third kappa shape index (κ3) is 3.09. The molecule has 0 bridgehead atoms. The predicted molar refractivity (Wildman–Crippen MR) is 66.0 cm³/mol. The van der Waals surface area contributed by atoms with Crippen LogP contribution >= 0.6 is 0 Å². The van der Waals surface area contributed by atoms with Gasteiger partial charge in [0.15, 0.2) is 0 Å². The van der Waals surface area contributed by atoms with Crippen molar-refractivity contribution in [3.63, 3.8) is 0 Å². The van der Waals surface area contributed by atoms with Crippen LogP contribution in [0.1, 0.15) is 35.9 Å². The Balaban J connectivity index is 1.87. The maximum atomic E-state index is 11.9. The first-order chi connectivity index (χ1) is 8.09. The van der Waals surface area contributed by atoms with Crippen LogP contribution in [0, 0.1) is 12.3 Å². The molecule has 0 spiro atoms. The fraction of sp³-hybridized carbons (Fsp3) is 0.615. The van der Waals surface area contributed by atoms with Crippen molar-refractivity contribution >= 4 is 5.91 Å². The highest BCUT2D eigenvalue weighted by Crippen LogP contribution is 2.24. The molecule has 1 aliphatic heterocycles. The molecule has 0 aliphatic carbocycles. The van der Waals surface area contributed by atoms with Gasteiger partial charge in [0.25, 0.3) is 5.91 Å². The summed E-state index contributed by atoms with van der Waals surface area (Å²) in [7, 11) is 0. The minimum Gasteiger partial charge on any atom is -0.469 e. The van der Waals surface area contributed by atoms with E-state index in [4.69, 9.17) is 4.42 Å². The summed E-state index contributed by atoms with van der Waals surface area (Å²) in [6.45, 7) is 6.81. The predicted octanol–water partition coefficient (Wildman–Crippen LogP) is 1.71. The van der Waals surface area contributed by atoms with Crippen LogP contribution < -0.4 is 10.6 Å². The smallest absolute Gasteiger partial charge is 0.254 e. The van der Waals surface area contributed by atoms with Crippen LogP contribution in [0.5, 0.6) is 0 Å². The molecule has 1 aliphatic rings. The first-order valence-electron chi connectivity index (χ1n) is 6.13. The van der Waals surface area contributed by atoms with Gasteiger partial charge in [0.1, 0.15) is 12.0 Å². The van der Waals surface area contributed by atoms with Gasteiger partial charge >= 0.3 is 0 Å². The van der Waals surface area contributed by atoms with Gasteiger partial charge in [-0.1, -0.05) is 6.92 Å². The number of amides is 1. The van der Waals surface area contributed by atoms with Gasteiger partial charge in [-0.3, -0.25) is 4.79 Å². The van der Waals surface area contributed by atoms with Crippen LogP contribution in [0.3, 0.4) is 0 Å². The molecule has 0 radical (unpaired) electrons. The number of hydrogen-bond acceptors (Lipinski definition) is 3. The van der Waals surface area contributed by atoms with E-state index in [0.717, 1.165) is 25.3 Å². The Bertz CT molecular complexity index is 392. The Morgan fingerprint density at radius 3 is 3.06 bits per heavy atom. The quantitative estimate of drug-likeness (QED) is 0.840. The Labute approximate surface area is 102 Å². The van der Waals surface area contributed by atoms with E-state index in [2.05, 4.69) is 17.6 Å². The third-order valence-electron chi connectivity index (χ3n) is 3.35. The zero-order valence-corrected chi connectivity index (χ0v) is 10.5. The number of nitrogens with one attached hydrogen (secondary N) is 2. The highest BCUT2D eigenvalue weighted by molar-refractivity contribution is 5.93. The standard InChI is InChI=1S/C13H20N2O2/c1-10-6-11(7-17-10)12(16)15-9-13(2)4-3-5-14-8-13/h6-7,14H,3-5,8-9H2,1-2H3,(H,15,16). The minimum atomic E-state index is -0.0475. The van der Waals surface area contributed by atoms with E-state index < -0.39 is 0 Å². The minimum absolute atomic E-state index is 0.0475. The van der Waals surface area contributed by atoms with E-state index in [1.807, 2.05) is 6.92 Å². The summed E-state index contributed by atoms with van der Waals surface area (Å²) in [4.78, 5) is 11.9. The molecule has 2 heterocycles. The molecule has 2 N–H and O–H groups in total. The monoisotopic (exact) mass is 236 g/mol. The lowest BCUT2D eigenvalue weighted by Gasteiger charge is -2.34. The van der Waals surface area contributed by atoms with E-state index in [9.17, 15) is 4.79 Å². The average Bonchev–Trinajstić information content (AvgIpc) is 2.74. The molecule has 1 aromatic rings. The summed E-state index contributed by atoms with van der Waals surface area (Å²) < 4.78 is 5.13. The Hall–Kier alpha value is -1.29. The molecule has 1 unspecified atom stereocenters. The van der Waals surface area contributed by atoms with Crippen molar-refractivity contribution in [2.24, 2.45) is 5.41 Å². The first-order valence-corrected chi connectivity index (χ1v) is 6.13. The van der Waals surface area contributed by atoms with Crippen LogP contribution in [-0.4, -0.2) is 25.5 Å². The molecular formula is C13H20N2O2. The molecule has 1 saturated heterocycles. The first kappa shape index (κ1) is 12.2. The normalized spacial score (nSPS) is 24.6. The van der Waals surface area contributed by atoms with E-state index >= 15 is 0 Å². The van der Waals surface area contributed by atoms with Gasteiger partial charge in [-0.25, -0.2) is 0 Å². The van der Waals surface area contributed by atoms with Gasteiger partial charge in [-0.2, -0.15) is 0 Å². The van der Waals surface area contributed by atoms with Gasteiger partial charge in [-0.05, 0) is 37.8 Å². The molecule has 0 saturated carbocycles. The van der Waals surface area contributed by atoms with Crippen LogP contribution in [0.4, 0.5) is 0 Å². The molecular weight excluding hydrogens is 216 g/mol. The van der Waals surface area contributed by atoms with Crippen LogP contribution in [0.2, 0.25) is 0 Å². The number of carbonyl (C=O) groups excluding carboxylic acids is 1. The number of piperidine rings is 1. The van der Waals surface area contributed by atoms with Crippen molar-refractivity contribution in [3.8, 4) is 0 Å². The second-order valence-electron chi connectivity index (χ2n) is 5.22. The second kappa shape index (κ2) is 4.92. The molecule has 4 heteroatoms.